The van der Waals surface area contributed by atoms with Crippen LogP contribution in [0, 0.1) is 0 Å². The first kappa shape index (κ1) is 23.8. The minimum Gasteiger partial charge on any atom is -0.495 e. The normalized spacial score (nSPS) is 11.0. The first-order valence-corrected chi connectivity index (χ1v) is 12.2. The van der Waals surface area contributed by atoms with Crippen molar-refractivity contribution in [1.29, 1.82) is 0 Å². The van der Waals surface area contributed by atoms with Gasteiger partial charge in [0.25, 0.3) is 10.0 Å². The quantitative estimate of drug-likeness (QED) is 0.413. The van der Waals surface area contributed by atoms with E-state index in [0.717, 1.165) is 4.90 Å². The second-order valence-corrected chi connectivity index (χ2v) is 9.61. The van der Waals surface area contributed by atoms with Crippen LogP contribution in [0.1, 0.15) is 0 Å². The third-order valence-corrected chi connectivity index (χ3v) is 6.98. The van der Waals surface area contributed by atoms with E-state index in [4.69, 9.17) is 21.1 Å². The number of hydrogen-bond acceptors (Lipinski definition) is 6. The van der Waals surface area contributed by atoms with E-state index in [-0.39, 0.29) is 16.6 Å². The molecule has 168 valence electrons. The number of thioether (sulfide) groups is 1. The van der Waals surface area contributed by atoms with Crippen molar-refractivity contribution in [3.63, 3.8) is 0 Å². The number of nitrogens with one attached hydrogen (secondary N) is 2. The van der Waals surface area contributed by atoms with Crippen molar-refractivity contribution in [3.05, 3.63) is 71.8 Å². The van der Waals surface area contributed by atoms with Gasteiger partial charge in [-0.1, -0.05) is 29.8 Å². The number of hydrogen-bond donors (Lipinski definition) is 2. The number of ether oxygens (including phenoxy) is 2. The predicted octanol–water partition coefficient (Wildman–Crippen LogP) is 4.89. The van der Waals surface area contributed by atoms with Gasteiger partial charge in [-0.3, -0.25) is 9.52 Å². The fraction of sp³-hybridized carbons (Fsp3) is 0.136. The van der Waals surface area contributed by atoms with Crippen molar-refractivity contribution in [1.82, 2.24) is 0 Å². The second kappa shape index (κ2) is 10.6. The van der Waals surface area contributed by atoms with Crippen LogP contribution in [-0.2, 0) is 14.8 Å². The van der Waals surface area contributed by atoms with Gasteiger partial charge in [0.05, 0.1) is 35.6 Å². The lowest BCUT2D eigenvalue weighted by Crippen LogP contribution is -2.15. The summed E-state index contributed by atoms with van der Waals surface area (Å²) in [6, 6.07) is 18.1. The molecule has 0 fully saturated rings. The van der Waals surface area contributed by atoms with Gasteiger partial charge in [-0.15, -0.1) is 11.8 Å². The lowest BCUT2D eigenvalue weighted by Gasteiger charge is -2.13. The smallest absolute Gasteiger partial charge is 0.261 e. The van der Waals surface area contributed by atoms with Gasteiger partial charge in [0.1, 0.15) is 11.5 Å². The molecule has 7 nitrogen and oxygen atoms in total. The molecule has 3 rings (SSSR count). The predicted molar refractivity (Wildman–Crippen MR) is 128 cm³/mol. The van der Waals surface area contributed by atoms with Crippen molar-refractivity contribution in [2.45, 2.75) is 9.79 Å². The maximum atomic E-state index is 12.4. The van der Waals surface area contributed by atoms with Crippen LogP contribution >= 0.6 is 23.4 Å². The molecule has 0 unspecified atom stereocenters. The number of benzene rings is 3. The van der Waals surface area contributed by atoms with Crippen molar-refractivity contribution in [2.24, 2.45) is 0 Å². The summed E-state index contributed by atoms with van der Waals surface area (Å²) in [5, 5.41) is 3.12. The maximum absolute atomic E-state index is 12.4. The molecule has 3 aromatic rings. The SMILES string of the molecule is COc1cc(OC)c(NC(=O)CSc2ccc(NS(=O)(=O)c3ccccc3)cc2)cc1Cl. The number of amides is 1. The maximum Gasteiger partial charge on any atom is 0.261 e. The van der Waals surface area contributed by atoms with E-state index >= 15 is 0 Å². The van der Waals surface area contributed by atoms with Gasteiger partial charge >= 0.3 is 0 Å². The molecule has 0 heterocycles. The Hall–Kier alpha value is -2.88. The summed E-state index contributed by atoms with van der Waals surface area (Å²) in [5.74, 6) is 0.768. The van der Waals surface area contributed by atoms with Gasteiger partial charge in [0, 0.05) is 16.6 Å². The molecular weight excluding hydrogens is 472 g/mol. The lowest BCUT2D eigenvalue weighted by atomic mass is 10.2. The molecule has 1 amide bonds. The highest BCUT2D eigenvalue weighted by Gasteiger charge is 2.14. The molecule has 0 saturated heterocycles. The molecule has 0 bridgehead atoms. The number of sulfonamides is 1. The molecule has 0 spiro atoms. The molecule has 0 aliphatic rings. The fourth-order valence-corrected chi connectivity index (χ4v) is 4.74. The van der Waals surface area contributed by atoms with Crippen LogP contribution in [0.3, 0.4) is 0 Å². The number of carbonyl (C=O) groups excluding carboxylic acids is 1. The Morgan fingerprint density at radius 2 is 1.62 bits per heavy atom. The average molecular weight is 493 g/mol. The first-order valence-electron chi connectivity index (χ1n) is 9.34. The molecule has 2 N–H and O–H groups in total. The zero-order valence-electron chi connectivity index (χ0n) is 17.3. The van der Waals surface area contributed by atoms with Crippen LogP contribution in [0.25, 0.3) is 0 Å². The summed E-state index contributed by atoms with van der Waals surface area (Å²) < 4.78 is 37.7. The highest BCUT2D eigenvalue weighted by molar-refractivity contribution is 8.00. The molecule has 0 aliphatic heterocycles. The van der Waals surface area contributed by atoms with Crippen LogP contribution in [0.5, 0.6) is 11.5 Å². The molecule has 0 saturated carbocycles. The number of rotatable bonds is 9. The highest BCUT2D eigenvalue weighted by Crippen LogP contribution is 2.36. The van der Waals surface area contributed by atoms with Crippen molar-refractivity contribution in [2.75, 3.05) is 30.0 Å². The molecule has 3 aromatic carbocycles. The third kappa shape index (κ3) is 6.09. The van der Waals surface area contributed by atoms with E-state index in [2.05, 4.69) is 10.0 Å². The molecule has 10 heteroatoms. The van der Waals surface area contributed by atoms with E-state index in [9.17, 15) is 13.2 Å². The molecule has 0 atom stereocenters. The number of halogens is 1. The van der Waals surface area contributed by atoms with Crippen LogP contribution < -0.4 is 19.5 Å². The van der Waals surface area contributed by atoms with Crippen LogP contribution in [0.15, 0.2) is 76.5 Å². The Bertz CT molecular complexity index is 1190. The second-order valence-electron chi connectivity index (χ2n) is 6.47. The molecule has 0 radical (unpaired) electrons. The lowest BCUT2D eigenvalue weighted by molar-refractivity contribution is -0.113. The van der Waals surface area contributed by atoms with Crippen molar-refractivity contribution >= 4 is 50.7 Å². The summed E-state index contributed by atoms with van der Waals surface area (Å²) >= 11 is 7.44. The third-order valence-electron chi connectivity index (χ3n) is 4.28. The first-order chi connectivity index (χ1) is 15.3. The Morgan fingerprint density at radius 1 is 0.969 bits per heavy atom. The fourth-order valence-electron chi connectivity index (χ4n) is 2.73. The van der Waals surface area contributed by atoms with E-state index in [1.165, 1.54) is 38.1 Å². The van der Waals surface area contributed by atoms with Gasteiger partial charge in [-0.25, -0.2) is 8.42 Å². The molecule has 0 aromatic heterocycles. The highest BCUT2D eigenvalue weighted by atomic mass is 35.5. The summed E-state index contributed by atoms with van der Waals surface area (Å²) in [6.45, 7) is 0. The zero-order chi connectivity index (χ0) is 23.1. The van der Waals surface area contributed by atoms with E-state index in [0.29, 0.717) is 27.9 Å². The monoisotopic (exact) mass is 492 g/mol. The Balaban J connectivity index is 1.59. The Morgan fingerprint density at radius 3 is 2.25 bits per heavy atom. The minimum absolute atomic E-state index is 0.141. The number of carbonyl (C=O) groups is 1. The number of anilines is 2. The van der Waals surface area contributed by atoms with Crippen LogP contribution in [0.2, 0.25) is 5.02 Å². The van der Waals surface area contributed by atoms with E-state index in [1.807, 2.05) is 0 Å². The van der Waals surface area contributed by atoms with E-state index in [1.54, 1.807) is 54.6 Å². The molecule has 0 aliphatic carbocycles. The van der Waals surface area contributed by atoms with Crippen LogP contribution in [-0.4, -0.2) is 34.3 Å². The van der Waals surface area contributed by atoms with Gasteiger partial charge in [-0.2, -0.15) is 0 Å². The van der Waals surface area contributed by atoms with Crippen molar-refractivity contribution < 1.29 is 22.7 Å². The molecular formula is C22H21ClN2O5S2. The molecule has 32 heavy (non-hydrogen) atoms. The summed E-state index contributed by atoms with van der Waals surface area (Å²) in [4.78, 5) is 13.4. The number of methoxy groups -OCH3 is 2. The summed E-state index contributed by atoms with van der Waals surface area (Å²) in [7, 11) is -0.674. The van der Waals surface area contributed by atoms with Gasteiger partial charge < -0.3 is 14.8 Å². The Labute approximate surface area is 196 Å². The van der Waals surface area contributed by atoms with Crippen LogP contribution in [0.4, 0.5) is 11.4 Å². The topological polar surface area (TPSA) is 93.7 Å². The van der Waals surface area contributed by atoms with E-state index < -0.39 is 10.0 Å². The largest absolute Gasteiger partial charge is 0.495 e. The minimum atomic E-state index is -3.65. The zero-order valence-corrected chi connectivity index (χ0v) is 19.7. The summed E-state index contributed by atoms with van der Waals surface area (Å²) in [5.41, 5.74) is 0.870. The standard InChI is InChI=1S/C22H21ClN2O5S2/c1-29-20-13-21(30-2)19(12-18(20)23)24-22(26)14-31-16-10-8-15(9-11-16)25-32(27,28)17-6-4-3-5-7-17/h3-13,25H,14H2,1-2H3,(H,24,26). The van der Waals surface area contributed by atoms with Gasteiger partial charge in [-0.05, 0) is 42.5 Å². The van der Waals surface area contributed by atoms with Gasteiger partial charge in [0.2, 0.25) is 5.91 Å². The Kier molecular flexibility index (Phi) is 7.89. The van der Waals surface area contributed by atoms with Crippen molar-refractivity contribution in [3.8, 4) is 11.5 Å². The van der Waals surface area contributed by atoms with Gasteiger partial charge in [0.15, 0.2) is 0 Å². The summed E-state index contributed by atoms with van der Waals surface area (Å²) in [6.07, 6.45) is 0. The average Bonchev–Trinajstić information content (AvgIpc) is 2.79.